The fourth-order valence-corrected chi connectivity index (χ4v) is 3.51. The lowest BCUT2D eigenvalue weighted by molar-refractivity contribution is 0.237. The molecular formula is C14H22N2OS. The quantitative estimate of drug-likeness (QED) is 0.844. The number of nitrogens with one attached hydrogen (secondary N) is 2. The van der Waals surface area contributed by atoms with Crippen molar-refractivity contribution in [3.8, 4) is 0 Å². The lowest BCUT2D eigenvalue weighted by Gasteiger charge is -2.28. The van der Waals surface area contributed by atoms with E-state index in [0.29, 0.717) is 0 Å². The summed E-state index contributed by atoms with van der Waals surface area (Å²) in [6.45, 7) is 3.57. The van der Waals surface area contributed by atoms with Crippen LogP contribution in [-0.2, 0) is 5.41 Å². The SMILES string of the molecule is CCCNC(=O)NCC1(c2ccsc2)CCCC1. The Morgan fingerprint density at radius 2 is 2.17 bits per heavy atom. The highest BCUT2D eigenvalue weighted by molar-refractivity contribution is 7.08. The molecule has 2 amide bonds. The van der Waals surface area contributed by atoms with Gasteiger partial charge >= 0.3 is 6.03 Å². The third-order valence-corrected chi connectivity index (χ3v) is 4.50. The Bertz CT molecular complexity index is 369. The zero-order valence-electron chi connectivity index (χ0n) is 11.0. The molecule has 1 fully saturated rings. The molecule has 4 heteroatoms. The second kappa shape index (κ2) is 6.23. The summed E-state index contributed by atoms with van der Waals surface area (Å²) < 4.78 is 0. The van der Waals surface area contributed by atoms with E-state index in [1.54, 1.807) is 11.3 Å². The zero-order chi connectivity index (χ0) is 12.8. The van der Waals surface area contributed by atoms with Crippen molar-refractivity contribution in [1.29, 1.82) is 0 Å². The minimum atomic E-state index is -0.0293. The largest absolute Gasteiger partial charge is 0.338 e. The van der Waals surface area contributed by atoms with Gasteiger partial charge in [0.1, 0.15) is 0 Å². The number of amides is 2. The van der Waals surface area contributed by atoms with Crippen LogP contribution in [0.3, 0.4) is 0 Å². The summed E-state index contributed by atoms with van der Waals surface area (Å²) in [5.74, 6) is 0. The molecule has 0 spiro atoms. The predicted octanol–water partition coefficient (Wildman–Crippen LogP) is 3.27. The third-order valence-electron chi connectivity index (χ3n) is 3.82. The van der Waals surface area contributed by atoms with Crippen molar-refractivity contribution < 1.29 is 4.79 Å². The Balaban J connectivity index is 1.93. The Morgan fingerprint density at radius 1 is 1.39 bits per heavy atom. The van der Waals surface area contributed by atoms with Crippen LogP contribution in [0, 0.1) is 0 Å². The van der Waals surface area contributed by atoms with E-state index in [1.165, 1.54) is 31.2 Å². The van der Waals surface area contributed by atoms with Gasteiger partial charge in [-0.2, -0.15) is 11.3 Å². The molecule has 3 nitrogen and oxygen atoms in total. The molecule has 0 bridgehead atoms. The molecule has 0 saturated heterocycles. The first-order chi connectivity index (χ1) is 8.77. The molecule has 0 unspecified atom stereocenters. The van der Waals surface area contributed by atoms with Crippen molar-refractivity contribution in [3.63, 3.8) is 0 Å². The molecule has 0 aliphatic heterocycles. The lowest BCUT2D eigenvalue weighted by Crippen LogP contribution is -2.43. The Hall–Kier alpha value is -1.03. The molecule has 1 aliphatic rings. The van der Waals surface area contributed by atoms with Crippen LogP contribution in [0.4, 0.5) is 4.79 Å². The van der Waals surface area contributed by atoms with E-state index in [-0.39, 0.29) is 11.4 Å². The van der Waals surface area contributed by atoms with Gasteiger partial charge in [0, 0.05) is 18.5 Å². The van der Waals surface area contributed by atoms with Crippen LogP contribution < -0.4 is 10.6 Å². The number of urea groups is 1. The lowest BCUT2D eigenvalue weighted by atomic mass is 9.80. The fourth-order valence-electron chi connectivity index (χ4n) is 2.74. The monoisotopic (exact) mass is 266 g/mol. The standard InChI is InChI=1S/C14H22N2OS/c1-2-8-15-13(17)16-11-14(6-3-4-7-14)12-5-9-18-10-12/h5,9-10H,2-4,6-8,11H2,1H3,(H2,15,16,17). The van der Waals surface area contributed by atoms with E-state index in [2.05, 4.69) is 34.4 Å². The van der Waals surface area contributed by atoms with Crippen LogP contribution >= 0.6 is 11.3 Å². The summed E-state index contributed by atoms with van der Waals surface area (Å²) in [4.78, 5) is 11.7. The molecule has 1 saturated carbocycles. The van der Waals surface area contributed by atoms with Gasteiger partial charge in [-0.05, 0) is 41.7 Å². The Labute approximate surface area is 113 Å². The van der Waals surface area contributed by atoms with E-state index in [9.17, 15) is 4.79 Å². The molecule has 2 N–H and O–H groups in total. The number of carbonyl (C=O) groups excluding carboxylic acids is 1. The minimum absolute atomic E-state index is 0.0293. The average molecular weight is 266 g/mol. The minimum Gasteiger partial charge on any atom is -0.338 e. The zero-order valence-corrected chi connectivity index (χ0v) is 11.8. The second-order valence-electron chi connectivity index (χ2n) is 5.11. The molecule has 100 valence electrons. The summed E-state index contributed by atoms with van der Waals surface area (Å²) >= 11 is 1.74. The summed E-state index contributed by atoms with van der Waals surface area (Å²) in [6, 6.07) is 2.18. The summed E-state index contributed by atoms with van der Waals surface area (Å²) in [5.41, 5.74) is 1.59. The maximum absolute atomic E-state index is 11.7. The molecule has 1 aliphatic carbocycles. The molecule has 1 aromatic heterocycles. The summed E-state index contributed by atoms with van der Waals surface area (Å²) in [5, 5.41) is 10.3. The number of rotatable bonds is 5. The second-order valence-corrected chi connectivity index (χ2v) is 5.89. The number of carbonyl (C=O) groups is 1. The van der Waals surface area contributed by atoms with Crippen molar-refractivity contribution >= 4 is 17.4 Å². The smallest absolute Gasteiger partial charge is 0.314 e. The maximum Gasteiger partial charge on any atom is 0.314 e. The van der Waals surface area contributed by atoms with Gasteiger partial charge in [0.05, 0.1) is 0 Å². The van der Waals surface area contributed by atoms with Crippen LogP contribution in [0.1, 0.15) is 44.6 Å². The van der Waals surface area contributed by atoms with Gasteiger partial charge in [-0.25, -0.2) is 4.79 Å². The first kappa shape index (κ1) is 13.4. The molecule has 1 aromatic rings. The van der Waals surface area contributed by atoms with Crippen LogP contribution in [-0.4, -0.2) is 19.1 Å². The Morgan fingerprint density at radius 3 is 2.78 bits per heavy atom. The predicted molar refractivity (Wildman–Crippen MR) is 76.2 cm³/mol. The highest BCUT2D eigenvalue weighted by atomic mass is 32.1. The van der Waals surface area contributed by atoms with Gasteiger partial charge in [-0.15, -0.1) is 0 Å². The van der Waals surface area contributed by atoms with Crippen molar-refractivity contribution in [2.24, 2.45) is 0 Å². The normalized spacial score (nSPS) is 17.6. The van der Waals surface area contributed by atoms with Gasteiger partial charge in [0.15, 0.2) is 0 Å². The van der Waals surface area contributed by atoms with Gasteiger partial charge in [-0.1, -0.05) is 19.8 Å². The van der Waals surface area contributed by atoms with E-state index in [0.717, 1.165) is 19.5 Å². The number of thiophene rings is 1. The first-order valence-electron chi connectivity index (χ1n) is 6.81. The van der Waals surface area contributed by atoms with Crippen molar-refractivity contribution in [1.82, 2.24) is 10.6 Å². The molecule has 2 rings (SSSR count). The van der Waals surface area contributed by atoms with Crippen LogP contribution in [0.25, 0.3) is 0 Å². The topological polar surface area (TPSA) is 41.1 Å². The van der Waals surface area contributed by atoms with E-state index in [1.807, 2.05) is 0 Å². The van der Waals surface area contributed by atoms with Crippen molar-refractivity contribution in [2.75, 3.05) is 13.1 Å². The molecular weight excluding hydrogens is 244 g/mol. The van der Waals surface area contributed by atoms with Gasteiger partial charge in [0.2, 0.25) is 0 Å². The van der Waals surface area contributed by atoms with Crippen LogP contribution in [0.5, 0.6) is 0 Å². The maximum atomic E-state index is 11.7. The number of hydrogen-bond acceptors (Lipinski definition) is 2. The highest BCUT2D eigenvalue weighted by Gasteiger charge is 2.36. The van der Waals surface area contributed by atoms with Gasteiger partial charge in [-0.3, -0.25) is 0 Å². The molecule has 18 heavy (non-hydrogen) atoms. The van der Waals surface area contributed by atoms with Crippen LogP contribution in [0.2, 0.25) is 0 Å². The fraction of sp³-hybridized carbons (Fsp3) is 0.643. The molecule has 0 atom stereocenters. The highest BCUT2D eigenvalue weighted by Crippen LogP contribution is 2.41. The van der Waals surface area contributed by atoms with Crippen LogP contribution in [0.15, 0.2) is 16.8 Å². The average Bonchev–Trinajstić information content (AvgIpc) is 3.04. The number of hydrogen-bond donors (Lipinski definition) is 2. The first-order valence-corrected chi connectivity index (χ1v) is 7.75. The van der Waals surface area contributed by atoms with Crippen molar-refractivity contribution in [3.05, 3.63) is 22.4 Å². The van der Waals surface area contributed by atoms with E-state index >= 15 is 0 Å². The molecule has 0 radical (unpaired) electrons. The van der Waals surface area contributed by atoms with Gasteiger partial charge < -0.3 is 10.6 Å². The summed E-state index contributed by atoms with van der Waals surface area (Å²) in [7, 11) is 0. The summed E-state index contributed by atoms with van der Waals surface area (Å²) in [6.07, 6.45) is 5.90. The van der Waals surface area contributed by atoms with Gasteiger partial charge in [0.25, 0.3) is 0 Å². The molecule has 0 aromatic carbocycles. The van der Waals surface area contributed by atoms with E-state index < -0.39 is 0 Å². The van der Waals surface area contributed by atoms with Crippen molar-refractivity contribution in [2.45, 2.75) is 44.4 Å². The Kier molecular flexibility index (Phi) is 4.64. The van der Waals surface area contributed by atoms with E-state index in [4.69, 9.17) is 0 Å². The molecule has 1 heterocycles. The third kappa shape index (κ3) is 3.05.